The number of pyridine rings is 1. The number of aromatic nitrogens is 2. The summed E-state index contributed by atoms with van der Waals surface area (Å²) in [6.07, 6.45) is 1.56. The smallest absolute Gasteiger partial charge is 0.270 e. The molecule has 9 heteroatoms. The number of nitrogens with zero attached hydrogens (tertiary/aromatic N) is 2. The number of amides is 1. The first-order valence-electron chi connectivity index (χ1n) is 10.3. The van der Waals surface area contributed by atoms with Crippen LogP contribution in [0.5, 0.6) is 5.75 Å². The van der Waals surface area contributed by atoms with Crippen LogP contribution in [0.1, 0.15) is 33.4 Å². The summed E-state index contributed by atoms with van der Waals surface area (Å²) in [5, 5.41) is 6.59. The van der Waals surface area contributed by atoms with E-state index in [1.165, 1.54) is 16.5 Å². The highest BCUT2D eigenvalue weighted by atomic mass is 35.5. The molecule has 1 aliphatic heterocycles. The number of hydrogen-bond acceptors (Lipinski definition) is 4. The first-order chi connectivity index (χ1) is 15.9. The van der Waals surface area contributed by atoms with Gasteiger partial charge in [-0.25, -0.2) is 13.8 Å². The maximum atomic E-state index is 14.0. The van der Waals surface area contributed by atoms with Gasteiger partial charge in [0.15, 0.2) is 11.4 Å². The van der Waals surface area contributed by atoms with Gasteiger partial charge in [0.2, 0.25) is 0 Å². The standard InChI is InChI=1S/C24H19ClF2N4O2/c1-13-22(24(32)30-20-10-28-19-8-3-2-5-15(19)20)31-11-14(25)9-21(23(31)29-13)33-12-16-17(26)6-4-7-18(16)27/h2-9,11,20,28H,10,12H2,1H3,(H,30,32). The van der Waals surface area contributed by atoms with Crippen LogP contribution in [0.2, 0.25) is 5.02 Å². The number of benzene rings is 2. The van der Waals surface area contributed by atoms with Crippen molar-refractivity contribution in [1.82, 2.24) is 14.7 Å². The summed E-state index contributed by atoms with van der Waals surface area (Å²) in [5.41, 5.74) is 2.88. The fourth-order valence-electron chi connectivity index (χ4n) is 4.04. The number of nitrogens with one attached hydrogen (secondary N) is 2. The van der Waals surface area contributed by atoms with Crippen LogP contribution in [0, 0.1) is 18.6 Å². The van der Waals surface area contributed by atoms with E-state index in [0.717, 1.165) is 23.4 Å². The van der Waals surface area contributed by atoms with Crippen LogP contribution in [0.3, 0.4) is 0 Å². The number of fused-ring (bicyclic) bond motifs is 2. The van der Waals surface area contributed by atoms with Crippen molar-refractivity contribution < 1.29 is 18.3 Å². The van der Waals surface area contributed by atoms with E-state index in [4.69, 9.17) is 16.3 Å². The van der Waals surface area contributed by atoms with Crippen LogP contribution in [0.25, 0.3) is 5.65 Å². The molecule has 33 heavy (non-hydrogen) atoms. The molecule has 168 valence electrons. The molecule has 3 heterocycles. The lowest BCUT2D eigenvalue weighted by Gasteiger charge is -2.14. The van der Waals surface area contributed by atoms with Gasteiger partial charge < -0.3 is 15.4 Å². The number of halogens is 3. The van der Waals surface area contributed by atoms with Crippen LogP contribution in [-0.2, 0) is 6.61 Å². The number of aryl methyl sites for hydroxylation is 1. The largest absolute Gasteiger partial charge is 0.485 e. The summed E-state index contributed by atoms with van der Waals surface area (Å²) in [6, 6.07) is 12.7. The molecule has 1 unspecified atom stereocenters. The molecular weight excluding hydrogens is 450 g/mol. The maximum Gasteiger partial charge on any atom is 0.270 e. The zero-order valence-electron chi connectivity index (χ0n) is 17.5. The van der Waals surface area contributed by atoms with Crippen molar-refractivity contribution in [2.45, 2.75) is 19.6 Å². The highest BCUT2D eigenvalue weighted by molar-refractivity contribution is 6.30. The minimum atomic E-state index is -0.710. The Hall–Kier alpha value is -3.65. The first-order valence-corrected chi connectivity index (χ1v) is 10.7. The molecule has 0 saturated heterocycles. The van der Waals surface area contributed by atoms with Gasteiger partial charge in [-0.3, -0.25) is 9.20 Å². The summed E-state index contributed by atoms with van der Waals surface area (Å²) in [7, 11) is 0. The second-order valence-corrected chi connectivity index (χ2v) is 8.18. The molecule has 1 amide bonds. The minimum Gasteiger partial charge on any atom is -0.485 e. The van der Waals surface area contributed by atoms with E-state index in [0.29, 0.717) is 23.6 Å². The van der Waals surface area contributed by atoms with E-state index < -0.39 is 11.6 Å². The Bertz CT molecular complexity index is 1370. The molecule has 0 saturated carbocycles. The van der Waals surface area contributed by atoms with Crippen LogP contribution in [-0.4, -0.2) is 21.8 Å². The third kappa shape index (κ3) is 3.87. The Balaban J connectivity index is 1.45. The average molecular weight is 469 g/mol. The monoisotopic (exact) mass is 468 g/mol. The number of hydrogen-bond donors (Lipinski definition) is 2. The molecule has 5 rings (SSSR count). The Morgan fingerprint density at radius 3 is 2.79 bits per heavy atom. The average Bonchev–Trinajstić information content (AvgIpc) is 3.33. The number of para-hydroxylation sites is 1. The molecule has 2 aromatic heterocycles. The number of anilines is 1. The van der Waals surface area contributed by atoms with Gasteiger partial charge in [-0.05, 0) is 30.7 Å². The maximum absolute atomic E-state index is 14.0. The van der Waals surface area contributed by atoms with Gasteiger partial charge in [-0.2, -0.15) is 0 Å². The molecule has 2 N–H and O–H groups in total. The van der Waals surface area contributed by atoms with Crippen LogP contribution < -0.4 is 15.4 Å². The fraction of sp³-hybridized carbons (Fsp3) is 0.167. The summed E-state index contributed by atoms with van der Waals surface area (Å²) in [4.78, 5) is 17.7. The van der Waals surface area contributed by atoms with Crippen LogP contribution in [0.4, 0.5) is 14.5 Å². The third-order valence-electron chi connectivity index (χ3n) is 5.61. The van der Waals surface area contributed by atoms with Gasteiger partial charge in [0.25, 0.3) is 5.91 Å². The van der Waals surface area contributed by atoms with Crippen molar-refractivity contribution in [3.63, 3.8) is 0 Å². The predicted octanol–water partition coefficient (Wildman–Crippen LogP) is 5.05. The van der Waals surface area contributed by atoms with E-state index in [9.17, 15) is 13.6 Å². The first kappa shape index (κ1) is 21.2. The lowest BCUT2D eigenvalue weighted by Crippen LogP contribution is -2.31. The third-order valence-corrected chi connectivity index (χ3v) is 5.82. The fourth-order valence-corrected chi connectivity index (χ4v) is 4.23. The molecule has 1 aliphatic rings. The second kappa shape index (κ2) is 8.37. The number of rotatable bonds is 5. The topological polar surface area (TPSA) is 67.7 Å². The number of imidazole rings is 1. The van der Waals surface area contributed by atoms with Crippen molar-refractivity contribution >= 4 is 28.8 Å². The Kier molecular flexibility index (Phi) is 5.38. The molecule has 4 aromatic rings. The van der Waals surface area contributed by atoms with E-state index in [1.807, 2.05) is 24.3 Å². The lowest BCUT2D eigenvalue weighted by molar-refractivity contribution is 0.0933. The van der Waals surface area contributed by atoms with Gasteiger partial charge >= 0.3 is 0 Å². The van der Waals surface area contributed by atoms with Gasteiger partial charge in [0.1, 0.15) is 23.9 Å². The van der Waals surface area contributed by atoms with E-state index in [1.54, 1.807) is 13.1 Å². The SMILES string of the molecule is Cc1nc2c(OCc3c(F)cccc3F)cc(Cl)cn2c1C(=O)NC1CNc2ccccc21. The van der Waals surface area contributed by atoms with E-state index in [2.05, 4.69) is 15.6 Å². The van der Waals surface area contributed by atoms with Crippen molar-refractivity contribution in [1.29, 1.82) is 0 Å². The van der Waals surface area contributed by atoms with Crippen molar-refractivity contribution in [2.75, 3.05) is 11.9 Å². The quantitative estimate of drug-likeness (QED) is 0.430. The second-order valence-electron chi connectivity index (χ2n) is 7.75. The van der Waals surface area contributed by atoms with Crippen molar-refractivity contribution in [3.05, 3.63) is 93.9 Å². The van der Waals surface area contributed by atoms with Crippen molar-refractivity contribution in [3.8, 4) is 5.75 Å². The lowest BCUT2D eigenvalue weighted by atomic mass is 10.1. The molecule has 0 fully saturated rings. The van der Waals surface area contributed by atoms with E-state index >= 15 is 0 Å². The zero-order chi connectivity index (χ0) is 23.1. The molecule has 6 nitrogen and oxygen atoms in total. The highest BCUT2D eigenvalue weighted by Crippen LogP contribution is 2.31. The van der Waals surface area contributed by atoms with E-state index in [-0.39, 0.29) is 34.9 Å². The Labute approximate surface area is 193 Å². The summed E-state index contributed by atoms with van der Waals surface area (Å²) < 4.78 is 35.2. The van der Waals surface area contributed by atoms with Gasteiger partial charge in [-0.1, -0.05) is 35.9 Å². The molecule has 2 aromatic carbocycles. The predicted molar refractivity (Wildman–Crippen MR) is 121 cm³/mol. The van der Waals surface area contributed by atoms with Crippen LogP contribution in [0.15, 0.2) is 54.7 Å². The molecular formula is C24H19ClF2N4O2. The summed E-state index contributed by atoms with van der Waals surface area (Å²) in [5.74, 6) is -1.53. The normalized spacial score (nSPS) is 14.7. The molecule has 0 spiro atoms. The summed E-state index contributed by atoms with van der Waals surface area (Å²) >= 11 is 6.27. The number of carbonyl (C=O) groups excluding carboxylic acids is 1. The highest BCUT2D eigenvalue weighted by Gasteiger charge is 2.27. The van der Waals surface area contributed by atoms with Crippen molar-refractivity contribution in [2.24, 2.45) is 0 Å². The number of carbonyl (C=O) groups is 1. The Morgan fingerprint density at radius 1 is 1.24 bits per heavy atom. The molecule has 1 atom stereocenters. The summed E-state index contributed by atoms with van der Waals surface area (Å²) in [6.45, 7) is 1.92. The van der Waals surface area contributed by atoms with Gasteiger partial charge in [-0.15, -0.1) is 0 Å². The molecule has 0 bridgehead atoms. The molecule has 0 radical (unpaired) electrons. The number of ether oxygens (including phenoxy) is 1. The van der Waals surface area contributed by atoms with Gasteiger partial charge in [0.05, 0.1) is 22.3 Å². The van der Waals surface area contributed by atoms with Gasteiger partial charge in [0, 0.05) is 24.5 Å². The Morgan fingerprint density at radius 2 is 2.00 bits per heavy atom. The zero-order valence-corrected chi connectivity index (χ0v) is 18.3. The van der Waals surface area contributed by atoms with Crippen LogP contribution >= 0.6 is 11.6 Å². The molecule has 0 aliphatic carbocycles. The minimum absolute atomic E-state index is 0.197.